The van der Waals surface area contributed by atoms with Gasteiger partial charge in [-0.15, -0.1) is 0 Å². The third-order valence-electron chi connectivity index (χ3n) is 8.11. The van der Waals surface area contributed by atoms with Crippen molar-refractivity contribution < 1.29 is 24.2 Å². The third-order valence-corrected chi connectivity index (χ3v) is 8.11. The van der Waals surface area contributed by atoms with Crippen LogP contribution < -0.4 is 10.2 Å². The van der Waals surface area contributed by atoms with Gasteiger partial charge in [0, 0.05) is 70.4 Å². The molecular weight excluding hydrogens is 522 g/mol. The maximum absolute atomic E-state index is 13.5. The number of benzene rings is 2. The molecule has 3 heterocycles. The first-order valence-corrected chi connectivity index (χ1v) is 14.5. The second-order valence-electron chi connectivity index (χ2n) is 11.0. The largest absolute Gasteiger partial charge is 0.465 e. The molecule has 2 aromatic carbocycles. The van der Waals surface area contributed by atoms with Crippen LogP contribution in [0.5, 0.6) is 0 Å². The van der Waals surface area contributed by atoms with E-state index >= 15 is 0 Å². The minimum atomic E-state index is -1.15. The predicted molar refractivity (Wildman–Crippen MR) is 156 cm³/mol. The van der Waals surface area contributed by atoms with Gasteiger partial charge >= 0.3 is 6.09 Å². The number of carboxylic acid groups (broad SMARTS) is 1. The Hall–Kier alpha value is -3.92. The van der Waals surface area contributed by atoms with E-state index in [2.05, 4.69) is 16.0 Å². The summed E-state index contributed by atoms with van der Waals surface area (Å²) in [5.41, 5.74) is 3.80. The Morgan fingerprint density at radius 1 is 1.12 bits per heavy atom. The highest BCUT2D eigenvalue weighted by Gasteiger charge is 2.30. The van der Waals surface area contributed by atoms with Crippen molar-refractivity contribution in [2.75, 3.05) is 38.3 Å². The van der Waals surface area contributed by atoms with Crippen LogP contribution in [-0.2, 0) is 27.3 Å². The minimum absolute atomic E-state index is 0.0604. The Kier molecular flexibility index (Phi) is 9.18. The number of fused-ring (bicyclic) bond motifs is 1. The first-order valence-electron chi connectivity index (χ1n) is 14.5. The van der Waals surface area contributed by atoms with E-state index in [1.54, 1.807) is 12.0 Å². The molecule has 10 heteroatoms. The van der Waals surface area contributed by atoms with Gasteiger partial charge in [-0.05, 0) is 61.9 Å². The van der Waals surface area contributed by atoms with Gasteiger partial charge in [0.05, 0.1) is 11.0 Å². The molecule has 0 aliphatic carbocycles. The van der Waals surface area contributed by atoms with Gasteiger partial charge < -0.3 is 29.5 Å². The molecule has 2 aliphatic rings. The SMILES string of the molecule is COCCCn1c([C@@H]2CCCN(C(=O)C[C@@H](Cc3ccc(N4CCCC4=O)cc3)NC(=O)O)C2)nc2ccccc21. The lowest BCUT2D eigenvalue weighted by Crippen LogP contribution is -2.44. The van der Waals surface area contributed by atoms with Crippen molar-refractivity contribution in [1.82, 2.24) is 19.8 Å². The maximum Gasteiger partial charge on any atom is 0.404 e. The summed E-state index contributed by atoms with van der Waals surface area (Å²) >= 11 is 0. The molecule has 3 aromatic rings. The summed E-state index contributed by atoms with van der Waals surface area (Å²) in [6.45, 7) is 3.39. The summed E-state index contributed by atoms with van der Waals surface area (Å²) in [5.74, 6) is 1.17. The summed E-state index contributed by atoms with van der Waals surface area (Å²) in [5, 5.41) is 12.0. The summed E-state index contributed by atoms with van der Waals surface area (Å²) in [4.78, 5) is 45.8. The second-order valence-corrected chi connectivity index (χ2v) is 11.0. The van der Waals surface area contributed by atoms with E-state index in [1.807, 2.05) is 47.4 Å². The van der Waals surface area contributed by atoms with Gasteiger partial charge in [-0.2, -0.15) is 0 Å². The number of hydrogen-bond acceptors (Lipinski definition) is 5. The highest BCUT2D eigenvalue weighted by atomic mass is 16.5. The van der Waals surface area contributed by atoms with Crippen LogP contribution >= 0.6 is 0 Å². The van der Waals surface area contributed by atoms with Gasteiger partial charge in [0.15, 0.2) is 0 Å². The summed E-state index contributed by atoms with van der Waals surface area (Å²) in [7, 11) is 1.70. The van der Waals surface area contributed by atoms with Gasteiger partial charge in [-0.3, -0.25) is 9.59 Å². The Labute approximate surface area is 240 Å². The number of para-hydroxylation sites is 2. The van der Waals surface area contributed by atoms with Crippen LogP contribution in [-0.4, -0.2) is 76.9 Å². The standard InChI is InChI=1S/C31H39N5O5/c1-41-18-6-17-36-27-9-3-2-8-26(27)33-30(36)23-7-4-15-34(21-23)29(38)20-24(32-31(39)40)19-22-11-13-25(14-12-22)35-16-5-10-28(35)37/h2-3,8-9,11-14,23-24,32H,4-7,10,15-21H2,1H3,(H,39,40)/t23-,24-/m1/s1. The van der Waals surface area contributed by atoms with Crippen LogP contribution in [0, 0.1) is 0 Å². The van der Waals surface area contributed by atoms with E-state index in [1.165, 1.54) is 0 Å². The lowest BCUT2D eigenvalue weighted by atomic mass is 9.95. The molecule has 2 N–H and O–H groups in total. The predicted octanol–water partition coefficient (Wildman–Crippen LogP) is 4.17. The average molecular weight is 562 g/mol. The molecule has 2 atom stereocenters. The van der Waals surface area contributed by atoms with E-state index < -0.39 is 12.1 Å². The number of aromatic nitrogens is 2. The van der Waals surface area contributed by atoms with Crippen molar-refractivity contribution in [3.63, 3.8) is 0 Å². The Morgan fingerprint density at radius 3 is 2.66 bits per heavy atom. The van der Waals surface area contributed by atoms with Crippen molar-refractivity contribution in [2.24, 2.45) is 0 Å². The van der Waals surface area contributed by atoms with Crippen LogP contribution in [0.15, 0.2) is 48.5 Å². The van der Waals surface area contributed by atoms with Crippen LogP contribution in [0.25, 0.3) is 11.0 Å². The molecule has 41 heavy (non-hydrogen) atoms. The number of nitrogens with zero attached hydrogens (tertiary/aromatic N) is 4. The maximum atomic E-state index is 13.5. The summed E-state index contributed by atoms with van der Waals surface area (Å²) < 4.78 is 7.54. The normalized spacial score (nSPS) is 18.2. The fraction of sp³-hybridized carbons (Fsp3) is 0.484. The number of rotatable bonds is 11. The smallest absolute Gasteiger partial charge is 0.404 e. The Bertz CT molecular complexity index is 1370. The van der Waals surface area contributed by atoms with Crippen LogP contribution in [0.4, 0.5) is 10.5 Å². The van der Waals surface area contributed by atoms with Gasteiger partial charge in [-0.25, -0.2) is 9.78 Å². The average Bonchev–Trinajstić information content (AvgIpc) is 3.57. The topological polar surface area (TPSA) is 117 Å². The molecule has 0 spiro atoms. The van der Waals surface area contributed by atoms with Gasteiger partial charge in [0.2, 0.25) is 11.8 Å². The molecule has 218 valence electrons. The van der Waals surface area contributed by atoms with Crippen molar-refractivity contribution in [1.29, 1.82) is 0 Å². The number of ether oxygens (including phenoxy) is 1. The first-order chi connectivity index (χ1) is 19.9. The number of likely N-dealkylation sites (tertiary alicyclic amines) is 1. The molecular formula is C31H39N5O5. The Morgan fingerprint density at radius 2 is 1.93 bits per heavy atom. The summed E-state index contributed by atoms with van der Waals surface area (Å²) in [6, 6.07) is 15.2. The van der Waals surface area contributed by atoms with E-state index in [4.69, 9.17) is 9.72 Å². The molecule has 0 unspecified atom stereocenters. The molecule has 10 nitrogen and oxygen atoms in total. The van der Waals surface area contributed by atoms with E-state index in [0.29, 0.717) is 32.5 Å². The molecule has 0 bridgehead atoms. The van der Waals surface area contributed by atoms with Gasteiger partial charge in [-0.1, -0.05) is 24.3 Å². The van der Waals surface area contributed by atoms with E-state index in [0.717, 1.165) is 66.9 Å². The molecule has 2 saturated heterocycles. The quantitative estimate of drug-likeness (QED) is 0.340. The molecule has 0 saturated carbocycles. The van der Waals surface area contributed by atoms with Crippen LogP contribution in [0.1, 0.15) is 55.8 Å². The molecule has 5 rings (SSSR count). The first kappa shape index (κ1) is 28.6. The van der Waals surface area contributed by atoms with E-state index in [9.17, 15) is 19.5 Å². The summed E-state index contributed by atoms with van der Waals surface area (Å²) in [6.07, 6.45) is 3.43. The fourth-order valence-corrected chi connectivity index (χ4v) is 6.13. The van der Waals surface area contributed by atoms with E-state index in [-0.39, 0.29) is 24.2 Å². The number of hydrogen-bond donors (Lipinski definition) is 2. The minimum Gasteiger partial charge on any atom is -0.465 e. The van der Waals surface area contributed by atoms with Crippen molar-refractivity contribution in [3.05, 3.63) is 59.9 Å². The number of piperidine rings is 1. The highest BCUT2D eigenvalue weighted by molar-refractivity contribution is 5.95. The zero-order chi connectivity index (χ0) is 28.8. The fourth-order valence-electron chi connectivity index (χ4n) is 6.13. The third kappa shape index (κ3) is 6.87. The number of carbonyl (C=O) groups excluding carboxylic acids is 2. The number of nitrogens with one attached hydrogen (secondary N) is 1. The zero-order valence-corrected chi connectivity index (χ0v) is 23.6. The molecule has 3 amide bonds. The molecule has 1 aromatic heterocycles. The lowest BCUT2D eigenvalue weighted by molar-refractivity contribution is -0.133. The number of methoxy groups -OCH3 is 1. The number of imidazole rings is 1. The lowest BCUT2D eigenvalue weighted by Gasteiger charge is -2.33. The van der Waals surface area contributed by atoms with Crippen LogP contribution in [0.2, 0.25) is 0 Å². The number of carbonyl (C=O) groups is 3. The van der Waals surface area contributed by atoms with Crippen molar-refractivity contribution in [3.8, 4) is 0 Å². The molecule has 0 radical (unpaired) electrons. The number of anilines is 1. The highest BCUT2D eigenvalue weighted by Crippen LogP contribution is 2.30. The van der Waals surface area contributed by atoms with Gasteiger partial charge in [0.25, 0.3) is 0 Å². The number of aryl methyl sites for hydroxylation is 1. The molecule has 2 fully saturated rings. The number of amides is 3. The van der Waals surface area contributed by atoms with Crippen molar-refractivity contribution >= 4 is 34.6 Å². The Balaban J connectivity index is 1.26. The van der Waals surface area contributed by atoms with Crippen LogP contribution in [0.3, 0.4) is 0 Å². The zero-order valence-electron chi connectivity index (χ0n) is 23.6. The monoisotopic (exact) mass is 561 g/mol. The second kappa shape index (κ2) is 13.2. The van der Waals surface area contributed by atoms with Gasteiger partial charge in [0.1, 0.15) is 5.82 Å². The molecule has 2 aliphatic heterocycles. The van der Waals surface area contributed by atoms with Crippen molar-refractivity contribution in [2.45, 2.75) is 63.5 Å².